The number of nitro benzene ring substituents is 1. The van der Waals surface area contributed by atoms with Crippen LogP contribution in [0.25, 0.3) is 0 Å². The van der Waals surface area contributed by atoms with Crippen molar-refractivity contribution in [3.05, 3.63) is 46.5 Å². The summed E-state index contributed by atoms with van der Waals surface area (Å²) in [6.45, 7) is -0.992. The van der Waals surface area contributed by atoms with Crippen molar-refractivity contribution in [3.63, 3.8) is 0 Å². The molecule has 0 saturated carbocycles. The average Bonchev–Trinajstić information content (AvgIpc) is 2.70. The van der Waals surface area contributed by atoms with Gasteiger partial charge < -0.3 is 19.3 Å². The predicted molar refractivity (Wildman–Crippen MR) is 101 cm³/mol. The van der Waals surface area contributed by atoms with Crippen LogP contribution < -0.4 is 18.5 Å². The van der Waals surface area contributed by atoms with Gasteiger partial charge in [0.2, 0.25) is 0 Å². The van der Waals surface area contributed by atoms with Gasteiger partial charge in [-0.2, -0.15) is 0 Å². The molecule has 1 N–H and O–H groups in total. The van der Waals surface area contributed by atoms with Gasteiger partial charge in [-0.1, -0.05) is 0 Å². The van der Waals surface area contributed by atoms with Gasteiger partial charge in [0.15, 0.2) is 11.5 Å². The van der Waals surface area contributed by atoms with Gasteiger partial charge in [-0.15, -0.1) is 0 Å². The first kappa shape index (κ1) is 21.8. The Morgan fingerprint density at radius 3 is 2.14 bits per heavy atom. The zero-order valence-corrected chi connectivity index (χ0v) is 16.5. The summed E-state index contributed by atoms with van der Waals surface area (Å²) in [5.41, 5.74) is -0.724. The van der Waals surface area contributed by atoms with Gasteiger partial charge in [0.25, 0.3) is 15.7 Å². The zero-order chi connectivity index (χ0) is 21.8. The molecule has 0 aliphatic rings. The average molecular weight is 426 g/mol. The number of nitrogens with zero attached hydrogens (tertiary/aromatic N) is 2. The van der Waals surface area contributed by atoms with E-state index in [4.69, 9.17) is 14.2 Å². The number of hydrogen-bond acceptors (Lipinski definition) is 8. The molecule has 2 aromatic carbocycles. The number of sulfonamides is 1. The third-order valence-electron chi connectivity index (χ3n) is 3.86. The van der Waals surface area contributed by atoms with Crippen LogP contribution in [-0.2, 0) is 14.8 Å². The molecule has 11 nitrogen and oxygen atoms in total. The summed E-state index contributed by atoms with van der Waals surface area (Å²) in [4.78, 5) is 21.5. The van der Waals surface area contributed by atoms with Gasteiger partial charge >= 0.3 is 5.97 Å². The molecule has 156 valence electrons. The highest BCUT2D eigenvalue weighted by atomic mass is 32.2. The van der Waals surface area contributed by atoms with E-state index in [2.05, 4.69) is 0 Å². The third kappa shape index (κ3) is 4.48. The number of carboxylic acids is 1. The smallest absolute Gasteiger partial charge is 0.324 e. The number of aliphatic carboxylic acids is 1. The number of non-ortho nitro benzene ring substituents is 1. The van der Waals surface area contributed by atoms with E-state index in [1.807, 2.05) is 0 Å². The van der Waals surface area contributed by atoms with E-state index in [0.29, 0.717) is 4.31 Å². The van der Waals surface area contributed by atoms with Crippen LogP contribution in [0.4, 0.5) is 11.4 Å². The van der Waals surface area contributed by atoms with Crippen molar-refractivity contribution in [2.45, 2.75) is 4.90 Å². The molecule has 2 aromatic rings. The summed E-state index contributed by atoms with van der Waals surface area (Å²) in [6, 6.07) is 6.94. The quantitative estimate of drug-likeness (QED) is 0.469. The molecule has 0 saturated heterocycles. The molecule has 0 aliphatic carbocycles. The lowest BCUT2D eigenvalue weighted by atomic mass is 10.2. The number of benzene rings is 2. The second-order valence-corrected chi connectivity index (χ2v) is 7.40. The van der Waals surface area contributed by atoms with E-state index in [-0.39, 0.29) is 27.8 Å². The summed E-state index contributed by atoms with van der Waals surface area (Å²) in [6.07, 6.45) is 0. The fourth-order valence-corrected chi connectivity index (χ4v) is 3.95. The predicted octanol–water partition coefficient (Wildman–Crippen LogP) is 1.90. The van der Waals surface area contributed by atoms with Crippen molar-refractivity contribution in [1.82, 2.24) is 0 Å². The van der Waals surface area contributed by atoms with Crippen LogP contribution in [0.15, 0.2) is 41.3 Å². The maximum Gasteiger partial charge on any atom is 0.324 e. The minimum Gasteiger partial charge on any atom is -0.495 e. The molecule has 0 bridgehead atoms. The molecule has 0 heterocycles. The van der Waals surface area contributed by atoms with Gasteiger partial charge in [0.05, 0.1) is 31.1 Å². The van der Waals surface area contributed by atoms with Gasteiger partial charge in [-0.3, -0.25) is 19.2 Å². The van der Waals surface area contributed by atoms with E-state index in [1.165, 1.54) is 39.5 Å². The van der Waals surface area contributed by atoms with Gasteiger partial charge in [0, 0.05) is 18.2 Å². The normalized spacial score (nSPS) is 10.9. The number of anilines is 1. The van der Waals surface area contributed by atoms with Gasteiger partial charge in [0.1, 0.15) is 18.0 Å². The topological polar surface area (TPSA) is 146 Å². The van der Waals surface area contributed by atoms with Crippen LogP contribution in [-0.4, -0.2) is 52.3 Å². The van der Waals surface area contributed by atoms with E-state index < -0.39 is 33.1 Å². The fourth-order valence-electron chi connectivity index (χ4n) is 2.51. The number of methoxy groups -OCH3 is 3. The number of ether oxygens (including phenoxy) is 3. The molecule has 0 aromatic heterocycles. The fraction of sp³-hybridized carbons (Fsp3) is 0.235. The summed E-state index contributed by atoms with van der Waals surface area (Å²) in [7, 11) is -0.555. The van der Waals surface area contributed by atoms with Crippen LogP contribution in [0.3, 0.4) is 0 Å². The van der Waals surface area contributed by atoms with Crippen molar-refractivity contribution in [3.8, 4) is 17.2 Å². The zero-order valence-electron chi connectivity index (χ0n) is 15.7. The van der Waals surface area contributed by atoms with Gasteiger partial charge in [-0.25, -0.2) is 8.42 Å². The second-order valence-electron chi connectivity index (χ2n) is 5.54. The highest BCUT2D eigenvalue weighted by molar-refractivity contribution is 7.92. The van der Waals surface area contributed by atoms with Crippen molar-refractivity contribution in [2.24, 2.45) is 0 Å². The third-order valence-corrected chi connectivity index (χ3v) is 5.62. The summed E-state index contributed by atoms with van der Waals surface area (Å²) in [5.74, 6) is -1.15. The van der Waals surface area contributed by atoms with Crippen LogP contribution in [0.2, 0.25) is 0 Å². The molecule has 0 unspecified atom stereocenters. The minimum absolute atomic E-state index is 0.0547. The molecule has 12 heteroatoms. The SMILES string of the molecule is COc1ccc(S(=O)(=O)N(CC(=O)O)c2cc([N+](=O)[O-])ccc2OC)cc1OC. The molecule has 29 heavy (non-hydrogen) atoms. The number of hydrogen-bond donors (Lipinski definition) is 1. The lowest BCUT2D eigenvalue weighted by Gasteiger charge is -2.24. The Kier molecular flexibility index (Phi) is 6.49. The Morgan fingerprint density at radius 2 is 1.62 bits per heavy atom. The van der Waals surface area contributed by atoms with Crippen LogP contribution in [0.1, 0.15) is 0 Å². The second kappa shape index (κ2) is 8.65. The summed E-state index contributed by atoms with van der Waals surface area (Å²) in [5, 5.41) is 20.4. The van der Waals surface area contributed by atoms with Crippen molar-refractivity contribution >= 4 is 27.4 Å². The maximum atomic E-state index is 13.2. The highest BCUT2D eigenvalue weighted by Crippen LogP contribution is 2.37. The Labute approximate surface area is 166 Å². The maximum absolute atomic E-state index is 13.2. The van der Waals surface area contributed by atoms with E-state index in [0.717, 1.165) is 18.2 Å². The van der Waals surface area contributed by atoms with E-state index in [1.54, 1.807) is 0 Å². The van der Waals surface area contributed by atoms with Crippen LogP contribution in [0.5, 0.6) is 17.2 Å². The first-order chi connectivity index (χ1) is 13.6. The molecule has 2 rings (SSSR count). The monoisotopic (exact) mass is 426 g/mol. The van der Waals surface area contributed by atoms with Crippen LogP contribution in [0, 0.1) is 10.1 Å². The Morgan fingerprint density at radius 1 is 1.03 bits per heavy atom. The Hall–Kier alpha value is -3.54. The number of carboxylic acid groups (broad SMARTS) is 1. The molecule has 0 radical (unpaired) electrons. The van der Waals surface area contributed by atoms with Crippen molar-refractivity contribution < 1.29 is 37.5 Å². The van der Waals surface area contributed by atoms with Crippen LogP contribution >= 0.6 is 0 Å². The first-order valence-corrected chi connectivity index (χ1v) is 9.38. The summed E-state index contributed by atoms with van der Waals surface area (Å²) < 4.78 is 42.2. The standard InChI is InChI=1S/C17H18N2O9S/c1-26-14-6-4-11(19(22)23)8-13(14)18(10-17(20)21)29(24,25)12-5-7-15(27-2)16(9-12)28-3/h4-9H,10H2,1-3H3,(H,20,21). The molecular weight excluding hydrogens is 408 g/mol. The molecule has 0 fully saturated rings. The lowest BCUT2D eigenvalue weighted by Crippen LogP contribution is -2.36. The van der Waals surface area contributed by atoms with Crippen molar-refractivity contribution in [1.29, 1.82) is 0 Å². The first-order valence-electron chi connectivity index (χ1n) is 7.94. The molecule has 0 amide bonds. The van der Waals surface area contributed by atoms with E-state index >= 15 is 0 Å². The largest absolute Gasteiger partial charge is 0.495 e. The highest BCUT2D eigenvalue weighted by Gasteiger charge is 2.31. The molecule has 0 aliphatic heterocycles. The molecular formula is C17H18N2O9S. The number of rotatable bonds is 9. The molecule has 0 atom stereocenters. The minimum atomic E-state index is -4.47. The molecule has 0 spiro atoms. The number of carbonyl (C=O) groups is 1. The van der Waals surface area contributed by atoms with Gasteiger partial charge in [-0.05, 0) is 18.2 Å². The Balaban J connectivity index is 2.71. The Bertz CT molecular complexity index is 1040. The van der Waals surface area contributed by atoms with Crippen molar-refractivity contribution in [2.75, 3.05) is 32.2 Å². The lowest BCUT2D eigenvalue weighted by molar-refractivity contribution is -0.384. The summed E-state index contributed by atoms with van der Waals surface area (Å²) >= 11 is 0. The van der Waals surface area contributed by atoms with E-state index in [9.17, 15) is 28.4 Å². The number of nitro groups is 1.